The van der Waals surface area contributed by atoms with Gasteiger partial charge in [-0.15, -0.1) is 0 Å². The quantitative estimate of drug-likeness (QED) is 0.750. The zero-order valence-corrected chi connectivity index (χ0v) is 13.0. The van der Waals surface area contributed by atoms with Gasteiger partial charge in [0.1, 0.15) is 18.2 Å². The average Bonchev–Trinajstić information content (AvgIpc) is 2.48. The van der Waals surface area contributed by atoms with E-state index in [0.717, 1.165) is 5.56 Å². The molecule has 0 spiro atoms. The minimum atomic E-state index is -0.372. The Kier molecular flexibility index (Phi) is 5.33. The van der Waals surface area contributed by atoms with Crippen molar-refractivity contribution in [3.8, 4) is 5.75 Å². The molecule has 0 bridgehead atoms. The van der Waals surface area contributed by atoms with Crippen LogP contribution >= 0.6 is 15.9 Å². The van der Waals surface area contributed by atoms with Gasteiger partial charge in [0.15, 0.2) is 0 Å². The highest BCUT2D eigenvalue weighted by molar-refractivity contribution is 9.10. The summed E-state index contributed by atoms with van der Waals surface area (Å²) < 4.78 is 24.0. The van der Waals surface area contributed by atoms with Crippen LogP contribution in [0.2, 0.25) is 0 Å². The maximum atomic E-state index is 12.8. The first-order valence-electron chi connectivity index (χ1n) is 6.44. The SMILES string of the molecule is CCOC(=O)c1ccc(OCc2ccc(F)cc2)c(Br)c1. The minimum Gasteiger partial charge on any atom is -0.488 e. The van der Waals surface area contributed by atoms with Crippen molar-refractivity contribution < 1.29 is 18.7 Å². The molecule has 0 aliphatic heterocycles. The molecule has 2 rings (SSSR count). The second kappa shape index (κ2) is 7.22. The van der Waals surface area contributed by atoms with Crippen LogP contribution in [0.3, 0.4) is 0 Å². The van der Waals surface area contributed by atoms with Crippen LogP contribution in [0.15, 0.2) is 46.9 Å². The highest BCUT2D eigenvalue weighted by Crippen LogP contribution is 2.27. The molecule has 0 atom stereocenters. The Bertz CT molecular complexity index is 626. The van der Waals surface area contributed by atoms with Crippen molar-refractivity contribution in [1.82, 2.24) is 0 Å². The predicted octanol–water partition coefficient (Wildman–Crippen LogP) is 4.34. The van der Waals surface area contributed by atoms with Crippen LogP contribution in [-0.2, 0) is 11.3 Å². The predicted molar refractivity (Wildman–Crippen MR) is 80.8 cm³/mol. The van der Waals surface area contributed by atoms with E-state index in [1.54, 1.807) is 37.3 Å². The number of benzene rings is 2. The van der Waals surface area contributed by atoms with E-state index in [9.17, 15) is 9.18 Å². The number of hydrogen-bond acceptors (Lipinski definition) is 3. The van der Waals surface area contributed by atoms with E-state index >= 15 is 0 Å². The van der Waals surface area contributed by atoms with Gasteiger partial charge < -0.3 is 9.47 Å². The highest BCUT2D eigenvalue weighted by atomic mass is 79.9. The van der Waals surface area contributed by atoms with E-state index in [1.807, 2.05) is 0 Å². The highest BCUT2D eigenvalue weighted by Gasteiger charge is 2.10. The molecule has 110 valence electrons. The molecule has 0 heterocycles. The molecule has 2 aromatic rings. The Hall–Kier alpha value is -1.88. The molecule has 0 saturated heterocycles. The molecule has 5 heteroatoms. The van der Waals surface area contributed by atoms with Gasteiger partial charge in [-0.2, -0.15) is 0 Å². The Labute approximate surface area is 130 Å². The summed E-state index contributed by atoms with van der Waals surface area (Å²) in [4.78, 5) is 11.6. The van der Waals surface area contributed by atoms with Gasteiger partial charge in [-0.1, -0.05) is 12.1 Å². The Morgan fingerprint density at radius 2 is 1.90 bits per heavy atom. The average molecular weight is 353 g/mol. The lowest BCUT2D eigenvalue weighted by Gasteiger charge is -2.09. The normalized spacial score (nSPS) is 10.2. The Morgan fingerprint density at radius 1 is 1.19 bits per heavy atom. The van der Waals surface area contributed by atoms with E-state index in [2.05, 4.69) is 15.9 Å². The lowest BCUT2D eigenvalue weighted by Crippen LogP contribution is -2.05. The largest absolute Gasteiger partial charge is 0.488 e. The van der Waals surface area contributed by atoms with Gasteiger partial charge in [0.25, 0.3) is 0 Å². The third-order valence-electron chi connectivity index (χ3n) is 2.75. The van der Waals surface area contributed by atoms with Gasteiger partial charge in [0.05, 0.1) is 16.6 Å². The summed E-state index contributed by atoms with van der Waals surface area (Å²) in [6.45, 7) is 2.41. The molecule has 0 radical (unpaired) electrons. The number of halogens is 2. The fraction of sp³-hybridized carbons (Fsp3) is 0.188. The lowest BCUT2D eigenvalue weighted by atomic mass is 10.2. The van der Waals surface area contributed by atoms with Gasteiger partial charge in [0, 0.05) is 0 Å². The third kappa shape index (κ3) is 4.29. The number of carbonyl (C=O) groups excluding carboxylic acids is 1. The maximum absolute atomic E-state index is 12.8. The van der Waals surface area contributed by atoms with Crippen molar-refractivity contribution in [2.75, 3.05) is 6.61 Å². The van der Waals surface area contributed by atoms with Crippen LogP contribution in [0.5, 0.6) is 5.75 Å². The molecule has 3 nitrogen and oxygen atoms in total. The number of rotatable bonds is 5. The summed E-state index contributed by atoms with van der Waals surface area (Å²) in [5.41, 5.74) is 1.32. The van der Waals surface area contributed by atoms with Crippen molar-refractivity contribution in [3.63, 3.8) is 0 Å². The number of hydrogen-bond donors (Lipinski definition) is 0. The van der Waals surface area contributed by atoms with Crippen molar-refractivity contribution in [2.24, 2.45) is 0 Å². The molecule has 0 aliphatic carbocycles. The molecule has 0 amide bonds. The van der Waals surface area contributed by atoms with E-state index < -0.39 is 0 Å². The molecule has 0 fully saturated rings. The smallest absolute Gasteiger partial charge is 0.338 e. The molecule has 0 aliphatic rings. The fourth-order valence-corrected chi connectivity index (χ4v) is 2.19. The van der Waals surface area contributed by atoms with Crippen LogP contribution in [0.25, 0.3) is 0 Å². The number of esters is 1. The van der Waals surface area contributed by atoms with Gasteiger partial charge in [-0.3, -0.25) is 0 Å². The fourth-order valence-electron chi connectivity index (χ4n) is 1.70. The second-order valence-corrected chi connectivity index (χ2v) is 5.14. The molecule has 21 heavy (non-hydrogen) atoms. The van der Waals surface area contributed by atoms with Crippen molar-refractivity contribution in [1.29, 1.82) is 0 Å². The zero-order valence-electron chi connectivity index (χ0n) is 11.4. The van der Waals surface area contributed by atoms with E-state index in [1.165, 1.54) is 12.1 Å². The lowest BCUT2D eigenvalue weighted by molar-refractivity contribution is 0.0526. The standard InChI is InChI=1S/C16H14BrFO3/c1-2-20-16(19)12-5-8-15(14(17)9-12)21-10-11-3-6-13(18)7-4-11/h3-9H,2,10H2,1H3. The van der Waals surface area contributed by atoms with Gasteiger partial charge >= 0.3 is 5.97 Å². The summed E-state index contributed by atoms with van der Waals surface area (Å²) in [5, 5.41) is 0. The van der Waals surface area contributed by atoms with E-state index in [4.69, 9.17) is 9.47 Å². The van der Waals surface area contributed by atoms with Gasteiger partial charge in [-0.25, -0.2) is 9.18 Å². The summed E-state index contributed by atoms with van der Waals surface area (Å²) >= 11 is 3.36. The number of ether oxygens (including phenoxy) is 2. The van der Waals surface area contributed by atoms with E-state index in [0.29, 0.717) is 29.0 Å². The van der Waals surface area contributed by atoms with Crippen LogP contribution in [-0.4, -0.2) is 12.6 Å². The first-order chi connectivity index (χ1) is 10.1. The summed E-state index contributed by atoms with van der Waals surface area (Å²) in [5.74, 6) is -0.0469. The monoisotopic (exact) mass is 352 g/mol. The van der Waals surface area contributed by atoms with Crippen molar-refractivity contribution >= 4 is 21.9 Å². The topological polar surface area (TPSA) is 35.5 Å². The van der Waals surface area contributed by atoms with Crippen molar-refractivity contribution in [3.05, 3.63) is 63.9 Å². The first kappa shape index (κ1) is 15.5. The molecule has 0 saturated carbocycles. The van der Waals surface area contributed by atoms with Gasteiger partial charge in [0.2, 0.25) is 0 Å². The maximum Gasteiger partial charge on any atom is 0.338 e. The Balaban J connectivity index is 2.04. The minimum absolute atomic E-state index is 0.279. The summed E-state index contributed by atoms with van der Waals surface area (Å²) in [7, 11) is 0. The zero-order chi connectivity index (χ0) is 15.2. The molecular weight excluding hydrogens is 339 g/mol. The van der Waals surface area contributed by atoms with Gasteiger partial charge in [-0.05, 0) is 58.7 Å². The molecule has 0 aromatic heterocycles. The molecule has 2 aromatic carbocycles. The third-order valence-corrected chi connectivity index (χ3v) is 3.37. The molecule has 0 unspecified atom stereocenters. The van der Waals surface area contributed by atoms with Crippen LogP contribution < -0.4 is 4.74 Å². The van der Waals surface area contributed by atoms with Crippen LogP contribution in [0.4, 0.5) is 4.39 Å². The second-order valence-electron chi connectivity index (χ2n) is 4.28. The van der Waals surface area contributed by atoms with Crippen LogP contribution in [0, 0.1) is 5.82 Å². The van der Waals surface area contributed by atoms with Crippen molar-refractivity contribution in [2.45, 2.75) is 13.5 Å². The first-order valence-corrected chi connectivity index (χ1v) is 7.23. The summed E-state index contributed by atoms with van der Waals surface area (Å²) in [6, 6.07) is 11.1. The van der Waals surface area contributed by atoms with E-state index in [-0.39, 0.29) is 11.8 Å². The number of carbonyl (C=O) groups is 1. The summed E-state index contributed by atoms with van der Waals surface area (Å²) in [6.07, 6.45) is 0. The molecule has 0 N–H and O–H groups in total. The van der Waals surface area contributed by atoms with Crippen LogP contribution in [0.1, 0.15) is 22.8 Å². The molecular formula is C16H14BrFO3. The Morgan fingerprint density at radius 3 is 2.52 bits per heavy atom.